The second-order valence-corrected chi connectivity index (χ2v) is 5.63. The Morgan fingerprint density at radius 3 is 2.52 bits per heavy atom. The molecule has 0 radical (unpaired) electrons. The van der Waals surface area contributed by atoms with Gasteiger partial charge < -0.3 is 15.7 Å². The summed E-state index contributed by atoms with van der Waals surface area (Å²) >= 11 is 1.65. The Balaban J connectivity index is 1.94. The highest BCUT2D eigenvalue weighted by Gasteiger charge is 2.11. The number of amides is 2. The fraction of sp³-hybridized carbons (Fsp3) is 0.200. The number of nitrogens with one attached hydrogen (secondary N) is 2. The van der Waals surface area contributed by atoms with Gasteiger partial charge in [-0.15, -0.1) is 11.3 Å². The van der Waals surface area contributed by atoms with Gasteiger partial charge in [-0.1, -0.05) is 19.1 Å². The molecule has 0 saturated carbocycles. The van der Waals surface area contributed by atoms with Crippen molar-refractivity contribution in [3.63, 3.8) is 0 Å². The Labute approximate surface area is 126 Å². The van der Waals surface area contributed by atoms with Crippen LogP contribution in [0.1, 0.15) is 27.0 Å². The minimum atomic E-state index is -1.07. The van der Waals surface area contributed by atoms with E-state index in [0.717, 1.165) is 11.3 Å². The van der Waals surface area contributed by atoms with E-state index >= 15 is 0 Å². The fourth-order valence-corrected chi connectivity index (χ4v) is 2.72. The Morgan fingerprint density at radius 1 is 1.14 bits per heavy atom. The van der Waals surface area contributed by atoms with Crippen molar-refractivity contribution < 1.29 is 14.7 Å². The van der Waals surface area contributed by atoms with Gasteiger partial charge in [-0.2, -0.15) is 0 Å². The zero-order chi connectivity index (χ0) is 15.2. The lowest BCUT2D eigenvalue weighted by molar-refractivity contribution is 0.0698. The monoisotopic (exact) mass is 304 g/mol. The molecule has 0 spiro atoms. The Kier molecular flexibility index (Phi) is 4.94. The minimum Gasteiger partial charge on any atom is -0.478 e. The zero-order valence-corrected chi connectivity index (χ0v) is 12.4. The number of hydrogen-bond donors (Lipinski definition) is 3. The Hall–Kier alpha value is -2.34. The van der Waals surface area contributed by atoms with E-state index in [1.807, 2.05) is 12.1 Å². The summed E-state index contributed by atoms with van der Waals surface area (Å²) in [5, 5.41) is 14.3. The number of aryl methyl sites for hydroxylation is 1. The van der Waals surface area contributed by atoms with Gasteiger partial charge in [0.15, 0.2) is 0 Å². The summed E-state index contributed by atoms with van der Waals surface area (Å²) in [4.78, 5) is 25.2. The Morgan fingerprint density at radius 2 is 1.86 bits per heavy atom. The highest BCUT2D eigenvalue weighted by Crippen LogP contribution is 2.17. The van der Waals surface area contributed by atoms with Crippen LogP contribution in [0.5, 0.6) is 0 Å². The molecule has 0 aliphatic carbocycles. The van der Waals surface area contributed by atoms with E-state index in [-0.39, 0.29) is 11.3 Å². The van der Waals surface area contributed by atoms with Gasteiger partial charge in [-0.05, 0) is 30.7 Å². The van der Waals surface area contributed by atoms with Crippen molar-refractivity contribution in [2.24, 2.45) is 0 Å². The molecule has 5 nitrogen and oxygen atoms in total. The number of carbonyl (C=O) groups is 2. The van der Waals surface area contributed by atoms with Crippen LogP contribution in [0.25, 0.3) is 0 Å². The van der Waals surface area contributed by atoms with Crippen LogP contribution in [0, 0.1) is 0 Å². The first-order chi connectivity index (χ1) is 10.1. The largest absolute Gasteiger partial charge is 0.478 e. The normalized spacial score (nSPS) is 10.1. The van der Waals surface area contributed by atoms with Crippen LogP contribution in [0.2, 0.25) is 0 Å². The van der Waals surface area contributed by atoms with Gasteiger partial charge in [0.2, 0.25) is 0 Å². The van der Waals surface area contributed by atoms with Gasteiger partial charge in [-0.3, -0.25) is 0 Å². The molecule has 110 valence electrons. The molecule has 0 saturated heterocycles. The first-order valence-electron chi connectivity index (χ1n) is 6.55. The predicted octanol–water partition coefficient (Wildman–Crippen LogP) is 3.33. The van der Waals surface area contributed by atoms with Gasteiger partial charge in [0, 0.05) is 9.75 Å². The van der Waals surface area contributed by atoms with Crippen molar-refractivity contribution in [2.45, 2.75) is 19.9 Å². The lowest BCUT2D eigenvalue weighted by atomic mass is 10.2. The first kappa shape index (κ1) is 15.1. The number of rotatable bonds is 5. The summed E-state index contributed by atoms with van der Waals surface area (Å²) in [6, 6.07) is 9.90. The standard InChI is InChI=1S/C15H16N2O3S/c1-2-10-7-8-11(21-10)9-16-15(20)17-13-6-4-3-5-12(13)14(18)19/h3-8H,2,9H2,1H3,(H,18,19)(H2,16,17,20). The third-order valence-electron chi connectivity index (χ3n) is 2.89. The highest BCUT2D eigenvalue weighted by molar-refractivity contribution is 7.11. The number of thiophene rings is 1. The zero-order valence-electron chi connectivity index (χ0n) is 11.6. The summed E-state index contributed by atoms with van der Waals surface area (Å²) in [5.41, 5.74) is 0.347. The fourth-order valence-electron chi connectivity index (χ4n) is 1.82. The molecule has 1 aromatic heterocycles. The first-order valence-corrected chi connectivity index (χ1v) is 7.36. The van der Waals surface area contributed by atoms with Crippen LogP contribution >= 0.6 is 11.3 Å². The van der Waals surface area contributed by atoms with Crippen LogP contribution in [0.15, 0.2) is 36.4 Å². The SMILES string of the molecule is CCc1ccc(CNC(=O)Nc2ccccc2C(=O)O)s1. The predicted molar refractivity (Wildman–Crippen MR) is 83.0 cm³/mol. The molecule has 6 heteroatoms. The maximum Gasteiger partial charge on any atom is 0.337 e. The maximum atomic E-state index is 11.8. The van der Waals surface area contributed by atoms with Crippen LogP contribution in [-0.2, 0) is 13.0 Å². The van der Waals surface area contributed by atoms with Crippen molar-refractivity contribution in [1.29, 1.82) is 0 Å². The molecule has 21 heavy (non-hydrogen) atoms. The summed E-state index contributed by atoms with van der Waals surface area (Å²) < 4.78 is 0. The molecule has 0 aliphatic rings. The maximum absolute atomic E-state index is 11.8. The third-order valence-corrected chi connectivity index (χ3v) is 4.12. The van der Waals surface area contributed by atoms with E-state index in [9.17, 15) is 9.59 Å². The van der Waals surface area contributed by atoms with Crippen molar-refractivity contribution in [3.05, 3.63) is 51.7 Å². The molecular formula is C15H16N2O3S. The second kappa shape index (κ2) is 6.90. The number of carboxylic acid groups (broad SMARTS) is 1. The molecule has 3 N–H and O–H groups in total. The molecule has 1 heterocycles. The van der Waals surface area contributed by atoms with Crippen LogP contribution in [0.4, 0.5) is 10.5 Å². The van der Waals surface area contributed by atoms with Gasteiger partial charge >= 0.3 is 12.0 Å². The molecule has 2 amide bonds. The molecule has 0 aliphatic heterocycles. The quantitative estimate of drug-likeness (QED) is 0.792. The molecule has 2 aromatic rings. The topological polar surface area (TPSA) is 78.4 Å². The number of benzene rings is 1. The highest BCUT2D eigenvalue weighted by atomic mass is 32.1. The van der Waals surface area contributed by atoms with Gasteiger partial charge in [0.1, 0.15) is 0 Å². The Bertz CT molecular complexity index is 652. The average molecular weight is 304 g/mol. The number of carbonyl (C=O) groups excluding carboxylic acids is 1. The number of carboxylic acids is 1. The second-order valence-electron chi connectivity index (χ2n) is 4.38. The van der Waals surface area contributed by atoms with Crippen molar-refractivity contribution >= 4 is 29.0 Å². The average Bonchev–Trinajstić information content (AvgIpc) is 2.93. The number of para-hydroxylation sites is 1. The van der Waals surface area contributed by atoms with E-state index in [2.05, 4.69) is 17.6 Å². The van der Waals surface area contributed by atoms with Crippen molar-refractivity contribution in [1.82, 2.24) is 5.32 Å². The van der Waals surface area contributed by atoms with E-state index in [1.54, 1.807) is 29.5 Å². The number of anilines is 1. The van der Waals surface area contributed by atoms with Gasteiger partial charge in [-0.25, -0.2) is 9.59 Å². The molecule has 2 rings (SSSR count). The third kappa shape index (κ3) is 4.06. The molecule has 1 aromatic carbocycles. The molecule has 0 atom stereocenters. The van der Waals surface area contributed by atoms with E-state index in [0.29, 0.717) is 6.54 Å². The van der Waals surface area contributed by atoms with E-state index in [4.69, 9.17) is 5.11 Å². The number of urea groups is 1. The number of aromatic carboxylic acids is 1. The van der Waals surface area contributed by atoms with Gasteiger partial charge in [0.25, 0.3) is 0 Å². The van der Waals surface area contributed by atoms with Crippen molar-refractivity contribution in [3.8, 4) is 0 Å². The molecule has 0 fully saturated rings. The van der Waals surface area contributed by atoms with E-state index in [1.165, 1.54) is 10.9 Å². The smallest absolute Gasteiger partial charge is 0.337 e. The summed E-state index contributed by atoms with van der Waals surface area (Å²) in [6.07, 6.45) is 0.975. The lowest BCUT2D eigenvalue weighted by Gasteiger charge is -2.09. The van der Waals surface area contributed by atoms with Gasteiger partial charge in [0.05, 0.1) is 17.8 Å². The summed E-state index contributed by atoms with van der Waals surface area (Å²) in [5.74, 6) is -1.07. The summed E-state index contributed by atoms with van der Waals surface area (Å²) in [6.45, 7) is 2.50. The van der Waals surface area contributed by atoms with Crippen LogP contribution in [-0.4, -0.2) is 17.1 Å². The lowest BCUT2D eigenvalue weighted by Crippen LogP contribution is -2.28. The summed E-state index contributed by atoms with van der Waals surface area (Å²) in [7, 11) is 0. The number of hydrogen-bond acceptors (Lipinski definition) is 3. The molecular weight excluding hydrogens is 288 g/mol. The van der Waals surface area contributed by atoms with Crippen molar-refractivity contribution in [2.75, 3.05) is 5.32 Å². The van der Waals surface area contributed by atoms with E-state index < -0.39 is 12.0 Å². The van der Waals surface area contributed by atoms with Crippen LogP contribution < -0.4 is 10.6 Å². The molecule has 0 unspecified atom stereocenters. The van der Waals surface area contributed by atoms with Crippen LogP contribution in [0.3, 0.4) is 0 Å². The minimum absolute atomic E-state index is 0.0667. The molecule has 0 bridgehead atoms.